The zero-order chi connectivity index (χ0) is 8.81. The highest BCUT2D eigenvalue weighted by Gasteiger charge is 1.94. The predicted molar refractivity (Wildman–Crippen MR) is 49.4 cm³/mol. The second-order valence-corrected chi connectivity index (χ2v) is 2.27. The lowest BCUT2D eigenvalue weighted by molar-refractivity contribution is 1.48. The second-order valence-electron chi connectivity index (χ2n) is 2.05. The molecule has 0 aliphatic carbocycles. The summed E-state index contributed by atoms with van der Waals surface area (Å²) in [6.45, 7) is 0. The van der Waals surface area contributed by atoms with Crippen LogP contribution in [0.15, 0.2) is 41.0 Å². The molecule has 0 unspecified atom stereocenters. The normalized spacial score (nSPS) is 10.6. The number of benzene rings is 1. The Balaban J connectivity index is 3.05. The maximum atomic E-state index is 8.19. The maximum absolute atomic E-state index is 8.19. The summed E-state index contributed by atoms with van der Waals surface area (Å²) in [5, 5.41) is 3.42. The van der Waals surface area contributed by atoms with Gasteiger partial charge in [0.05, 0.1) is 5.70 Å². The van der Waals surface area contributed by atoms with E-state index in [9.17, 15) is 0 Å². The molecule has 0 bridgehead atoms. The van der Waals surface area contributed by atoms with Gasteiger partial charge in [0.1, 0.15) is 0 Å². The van der Waals surface area contributed by atoms with E-state index in [0.717, 1.165) is 5.56 Å². The van der Waals surface area contributed by atoms with E-state index in [1.165, 1.54) is 5.54 Å². The van der Waals surface area contributed by atoms with Gasteiger partial charge in [0.25, 0.3) is 0 Å². The van der Waals surface area contributed by atoms with Crippen LogP contribution < -0.4 is 0 Å². The Hall–Kier alpha value is -1.44. The molecular weight excluding hydrogens is 174 g/mol. The van der Waals surface area contributed by atoms with Crippen LogP contribution in [0.1, 0.15) is 5.56 Å². The molecule has 0 saturated carbocycles. The molecule has 0 aromatic heterocycles. The third kappa shape index (κ3) is 2.02. The van der Waals surface area contributed by atoms with Crippen molar-refractivity contribution in [3.8, 4) is 0 Å². The van der Waals surface area contributed by atoms with Gasteiger partial charge in [0, 0.05) is 10.4 Å². The number of rotatable bonds is 2. The van der Waals surface area contributed by atoms with Crippen molar-refractivity contribution in [2.24, 2.45) is 5.11 Å². The van der Waals surface area contributed by atoms with E-state index in [0.29, 0.717) is 5.70 Å². The van der Waals surface area contributed by atoms with Crippen molar-refractivity contribution in [1.29, 1.82) is 0 Å². The number of hydrogen-bond acceptors (Lipinski definition) is 1. The minimum atomic E-state index is 0.430. The Morgan fingerprint density at radius 3 is 2.58 bits per heavy atom. The molecule has 0 radical (unpaired) electrons. The first-order valence-corrected chi connectivity index (χ1v) is 3.73. The molecule has 0 N–H and O–H groups in total. The first-order chi connectivity index (χ1) is 5.88. The Bertz CT molecular complexity index is 325. The lowest BCUT2D eigenvalue weighted by atomic mass is 10.2. The first kappa shape index (κ1) is 8.65. The van der Waals surface area contributed by atoms with E-state index >= 15 is 0 Å². The maximum Gasteiger partial charge on any atom is 0.0560 e. The van der Waals surface area contributed by atoms with E-state index in [1.807, 2.05) is 30.3 Å². The van der Waals surface area contributed by atoms with Crippen molar-refractivity contribution < 1.29 is 0 Å². The fraction of sp³-hybridized carbons (Fsp3) is 0. The largest absolute Gasteiger partial charge is 0.0924 e. The number of halogens is 1. The van der Waals surface area contributed by atoms with Gasteiger partial charge in [-0.1, -0.05) is 47.0 Å². The zero-order valence-electron chi connectivity index (χ0n) is 6.18. The van der Waals surface area contributed by atoms with Gasteiger partial charge in [0.2, 0.25) is 0 Å². The SMILES string of the molecule is [N-]=[N+]=N/C(=C/Cl)c1ccccc1. The predicted octanol–water partition coefficient (Wildman–Crippen LogP) is 3.53. The van der Waals surface area contributed by atoms with Crippen LogP contribution in [0.2, 0.25) is 0 Å². The Kier molecular flexibility index (Phi) is 3.20. The van der Waals surface area contributed by atoms with Crippen molar-refractivity contribution in [3.05, 3.63) is 51.9 Å². The third-order valence-corrected chi connectivity index (χ3v) is 1.53. The molecule has 0 heterocycles. The molecule has 1 rings (SSSR count). The van der Waals surface area contributed by atoms with E-state index in [-0.39, 0.29) is 0 Å². The Labute approximate surface area is 74.9 Å². The monoisotopic (exact) mass is 179 g/mol. The molecule has 60 valence electrons. The van der Waals surface area contributed by atoms with Crippen LogP contribution in [0, 0.1) is 0 Å². The molecule has 0 spiro atoms. The van der Waals surface area contributed by atoms with E-state index < -0.39 is 0 Å². The molecule has 0 amide bonds. The smallest absolute Gasteiger partial charge is 0.0560 e. The van der Waals surface area contributed by atoms with Gasteiger partial charge in [0.15, 0.2) is 0 Å². The molecule has 0 atom stereocenters. The quantitative estimate of drug-likeness (QED) is 0.379. The van der Waals surface area contributed by atoms with Crippen molar-refractivity contribution in [3.63, 3.8) is 0 Å². The third-order valence-electron chi connectivity index (χ3n) is 1.33. The fourth-order valence-corrected chi connectivity index (χ4v) is 0.969. The summed E-state index contributed by atoms with van der Waals surface area (Å²) >= 11 is 5.45. The molecule has 0 saturated heterocycles. The number of nitrogens with zero attached hydrogens (tertiary/aromatic N) is 3. The second kappa shape index (κ2) is 4.44. The molecule has 0 aliphatic rings. The molecule has 1 aromatic carbocycles. The van der Waals surface area contributed by atoms with Crippen LogP contribution in [-0.4, -0.2) is 0 Å². The molecule has 3 nitrogen and oxygen atoms in total. The van der Waals surface area contributed by atoms with Crippen LogP contribution >= 0.6 is 11.6 Å². The van der Waals surface area contributed by atoms with E-state index in [1.54, 1.807) is 0 Å². The molecular formula is C8H6ClN3. The van der Waals surface area contributed by atoms with Gasteiger partial charge in [-0.15, -0.1) is 0 Å². The Morgan fingerprint density at radius 1 is 1.42 bits per heavy atom. The topological polar surface area (TPSA) is 48.8 Å². The Morgan fingerprint density at radius 2 is 2.08 bits per heavy atom. The highest BCUT2D eigenvalue weighted by Crippen LogP contribution is 2.15. The lowest BCUT2D eigenvalue weighted by Gasteiger charge is -1.96. The van der Waals surface area contributed by atoms with Gasteiger partial charge in [-0.25, -0.2) is 0 Å². The van der Waals surface area contributed by atoms with Crippen LogP contribution in [0.5, 0.6) is 0 Å². The molecule has 0 aliphatic heterocycles. The van der Waals surface area contributed by atoms with Crippen molar-refractivity contribution in [2.75, 3.05) is 0 Å². The summed E-state index contributed by atoms with van der Waals surface area (Å²) < 4.78 is 0. The average Bonchev–Trinajstić information content (AvgIpc) is 2.15. The summed E-state index contributed by atoms with van der Waals surface area (Å²) in [5.74, 6) is 0. The van der Waals surface area contributed by atoms with Crippen LogP contribution in [-0.2, 0) is 0 Å². The minimum absolute atomic E-state index is 0.430. The van der Waals surface area contributed by atoms with Crippen LogP contribution in [0.25, 0.3) is 16.1 Å². The van der Waals surface area contributed by atoms with Crippen LogP contribution in [0.4, 0.5) is 0 Å². The van der Waals surface area contributed by atoms with Crippen LogP contribution in [0.3, 0.4) is 0 Å². The highest BCUT2D eigenvalue weighted by molar-refractivity contribution is 6.28. The molecule has 4 heteroatoms. The number of hydrogen-bond donors (Lipinski definition) is 0. The summed E-state index contributed by atoms with van der Waals surface area (Å²) in [6.07, 6.45) is 0. The van der Waals surface area contributed by atoms with Gasteiger partial charge in [-0.05, 0) is 11.1 Å². The van der Waals surface area contributed by atoms with Gasteiger partial charge in [-0.3, -0.25) is 0 Å². The minimum Gasteiger partial charge on any atom is -0.0924 e. The van der Waals surface area contributed by atoms with Crippen molar-refractivity contribution >= 4 is 17.3 Å². The standard InChI is InChI=1S/C8H6ClN3/c9-6-8(11-12-10)7-4-2-1-3-5-7/h1-6H/b8-6+. The van der Waals surface area contributed by atoms with E-state index in [2.05, 4.69) is 10.0 Å². The lowest BCUT2D eigenvalue weighted by Crippen LogP contribution is -1.76. The summed E-state index contributed by atoms with van der Waals surface area (Å²) in [6, 6.07) is 9.22. The average molecular weight is 180 g/mol. The van der Waals surface area contributed by atoms with Crippen molar-refractivity contribution in [2.45, 2.75) is 0 Å². The summed E-state index contributed by atoms with van der Waals surface area (Å²) in [5.41, 5.74) is 10.7. The number of azide groups is 1. The molecule has 1 aromatic rings. The van der Waals surface area contributed by atoms with Crippen molar-refractivity contribution in [1.82, 2.24) is 0 Å². The molecule has 0 fully saturated rings. The molecule has 12 heavy (non-hydrogen) atoms. The highest BCUT2D eigenvalue weighted by atomic mass is 35.5. The van der Waals surface area contributed by atoms with Gasteiger partial charge >= 0.3 is 0 Å². The zero-order valence-corrected chi connectivity index (χ0v) is 6.94. The fourth-order valence-electron chi connectivity index (χ4n) is 0.800. The van der Waals surface area contributed by atoms with Gasteiger partial charge < -0.3 is 0 Å². The first-order valence-electron chi connectivity index (χ1n) is 3.29. The summed E-state index contributed by atoms with van der Waals surface area (Å²) in [4.78, 5) is 2.66. The van der Waals surface area contributed by atoms with E-state index in [4.69, 9.17) is 17.1 Å². The van der Waals surface area contributed by atoms with Gasteiger partial charge in [-0.2, -0.15) is 0 Å². The summed E-state index contributed by atoms with van der Waals surface area (Å²) in [7, 11) is 0.